The number of nitrogens with one attached hydrogen (secondary N) is 2. The molecule has 0 bridgehead atoms. The molecular formula is C24H23N7O2. The summed E-state index contributed by atoms with van der Waals surface area (Å²) >= 11 is 0. The predicted molar refractivity (Wildman–Crippen MR) is 126 cm³/mol. The maximum Gasteiger partial charge on any atom is 0.261 e. The molecule has 4 heterocycles. The monoisotopic (exact) mass is 441 g/mol. The quantitative estimate of drug-likeness (QED) is 0.306. The zero-order chi connectivity index (χ0) is 22.8. The standard InChI is InChI=1S/C24H23N7O2/c25-19-4-6-28-24(33)21(19)23-29-20-13-18(31-8-7-26-14-31)12-16(22(20)30-23)10-15-3-5-27-17(11-15)2-1-9-32/h3-8,11-14,32H,1-2,9-10H2,(H,29,30)(H3,25,28,33). The van der Waals surface area contributed by atoms with Crippen molar-refractivity contribution < 1.29 is 5.11 Å². The lowest BCUT2D eigenvalue weighted by Crippen LogP contribution is -2.11. The third-order valence-electron chi connectivity index (χ3n) is 5.55. The van der Waals surface area contributed by atoms with Crippen LogP contribution in [0.5, 0.6) is 0 Å². The molecule has 0 aliphatic heterocycles. The normalized spacial score (nSPS) is 11.3. The van der Waals surface area contributed by atoms with Crippen LogP contribution in [0.1, 0.15) is 23.2 Å². The van der Waals surface area contributed by atoms with Gasteiger partial charge >= 0.3 is 0 Å². The van der Waals surface area contributed by atoms with E-state index in [1.54, 1.807) is 24.8 Å². The van der Waals surface area contributed by atoms with E-state index >= 15 is 0 Å². The number of aromatic amines is 2. The second-order valence-corrected chi connectivity index (χ2v) is 7.85. The Hall–Kier alpha value is -4.24. The number of aliphatic hydroxyl groups is 1. The van der Waals surface area contributed by atoms with E-state index in [4.69, 9.17) is 15.8 Å². The fourth-order valence-corrected chi connectivity index (χ4v) is 3.98. The highest BCUT2D eigenvalue weighted by atomic mass is 16.2. The first-order valence-corrected chi connectivity index (χ1v) is 10.7. The van der Waals surface area contributed by atoms with E-state index < -0.39 is 0 Å². The van der Waals surface area contributed by atoms with Gasteiger partial charge in [0.05, 0.1) is 17.4 Å². The summed E-state index contributed by atoms with van der Waals surface area (Å²) in [4.78, 5) is 31.7. The molecule has 0 unspecified atom stereocenters. The fraction of sp³-hybridized carbons (Fsp3) is 0.167. The van der Waals surface area contributed by atoms with Crippen molar-refractivity contribution in [3.05, 3.63) is 88.6 Å². The van der Waals surface area contributed by atoms with Gasteiger partial charge in [-0.3, -0.25) is 9.78 Å². The number of imidazole rings is 2. The number of nitrogens with zero attached hydrogens (tertiary/aromatic N) is 4. The Morgan fingerprint density at radius 3 is 2.85 bits per heavy atom. The number of hydrogen-bond acceptors (Lipinski definition) is 6. The highest BCUT2D eigenvalue weighted by molar-refractivity contribution is 5.86. The van der Waals surface area contributed by atoms with Crippen molar-refractivity contribution in [3.8, 4) is 17.1 Å². The van der Waals surface area contributed by atoms with Gasteiger partial charge in [0.1, 0.15) is 11.4 Å². The molecule has 0 aliphatic rings. The number of rotatable bonds is 7. The van der Waals surface area contributed by atoms with Crippen LogP contribution in [-0.2, 0) is 12.8 Å². The average Bonchev–Trinajstić information content (AvgIpc) is 3.48. The molecular weight excluding hydrogens is 418 g/mol. The van der Waals surface area contributed by atoms with Gasteiger partial charge < -0.3 is 25.4 Å². The highest BCUT2D eigenvalue weighted by Crippen LogP contribution is 2.28. The number of fused-ring (bicyclic) bond motifs is 1. The topological polar surface area (TPSA) is 139 Å². The Labute approximate surface area is 189 Å². The Morgan fingerprint density at radius 1 is 1.15 bits per heavy atom. The van der Waals surface area contributed by atoms with Crippen molar-refractivity contribution in [2.75, 3.05) is 12.3 Å². The third-order valence-corrected chi connectivity index (χ3v) is 5.55. The third kappa shape index (κ3) is 4.13. The summed E-state index contributed by atoms with van der Waals surface area (Å²) in [5.41, 5.74) is 12.0. The molecule has 166 valence electrons. The van der Waals surface area contributed by atoms with E-state index in [-0.39, 0.29) is 12.2 Å². The highest BCUT2D eigenvalue weighted by Gasteiger charge is 2.16. The van der Waals surface area contributed by atoms with E-state index in [9.17, 15) is 4.79 Å². The SMILES string of the molecule is Nc1cc[nH]c(=O)c1-c1nc2c(Cc3ccnc(CCCO)c3)cc(-n3ccnc3)cc2[nH]1. The number of anilines is 1. The van der Waals surface area contributed by atoms with Gasteiger partial charge in [0.25, 0.3) is 5.56 Å². The van der Waals surface area contributed by atoms with Crippen LogP contribution in [0.15, 0.2) is 66.2 Å². The van der Waals surface area contributed by atoms with Crippen LogP contribution in [0.2, 0.25) is 0 Å². The molecule has 33 heavy (non-hydrogen) atoms. The minimum atomic E-state index is -0.298. The van der Waals surface area contributed by atoms with Crippen molar-refractivity contribution >= 4 is 16.7 Å². The summed E-state index contributed by atoms with van der Waals surface area (Å²) in [5, 5.41) is 9.13. The van der Waals surface area contributed by atoms with Crippen LogP contribution < -0.4 is 11.3 Å². The van der Waals surface area contributed by atoms with Crippen LogP contribution in [0, 0.1) is 0 Å². The summed E-state index contributed by atoms with van der Waals surface area (Å²) in [7, 11) is 0. The minimum Gasteiger partial charge on any atom is -0.398 e. The van der Waals surface area contributed by atoms with E-state index in [0.717, 1.165) is 40.0 Å². The molecule has 0 saturated carbocycles. The zero-order valence-corrected chi connectivity index (χ0v) is 17.8. The molecule has 0 fully saturated rings. The molecule has 4 aromatic heterocycles. The van der Waals surface area contributed by atoms with Gasteiger partial charge in [-0.2, -0.15) is 0 Å². The van der Waals surface area contributed by atoms with Crippen LogP contribution in [-0.4, -0.2) is 41.2 Å². The van der Waals surface area contributed by atoms with Crippen molar-refractivity contribution in [1.82, 2.24) is 29.5 Å². The smallest absolute Gasteiger partial charge is 0.261 e. The largest absolute Gasteiger partial charge is 0.398 e. The van der Waals surface area contributed by atoms with Gasteiger partial charge in [-0.25, -0.2) is 9.97 Å². The van der Waals surface area contributed by atoms with E-state index in [2.05, 4.69) is 32.1 Å². The van der Waals surface area contributed by atoms with Gasteiger partial charge in [0.2, 0.25) is 0 Å². The number of H-pyrrole nitrogens is 2. The summed E-state index contributed by atoms with van der Waals surface area (Å²) in [6, 6.07) is 9.72. The Kier molecular flexibility index (Phi) is 5.45. The molecule has 5 rings (SSSR count). The minimum absolute atomic E-state index is 0.136. The number of aryl methyl sites for hydroxylation is 1. The van der Waals surface area contributed by atoms with E-state index in [1.165, 1.54) is 6.20 Å². The van der Waals surface area contributed by atoms with E-state index in [1.807, 2.05) is 22.9 Å². The molecule has 0 spiro atoms. The van der Waals surface area contributed by atoms with Gasteiger partial charge in [0.15, 0.2) is 0 Å². The van der Waals surface area contributed by atoms with Gasteiger partial charge in [-0.15, -0.1) is 0 Å². The van der Waals surface area contributed by atoms with Crippen molar-refractivity contribution in [1.29, 1.82) is 0 Å². The number of nitrogens with two attached hydrogens (primary N) is 1. The lowest BCUT2D eigenvalue weighted by atomic mass is 10.0. The average molecular weight is 441 g/mol. The number of benzene rings is 1. The maximum absolute atomic E-state index is 12.4. The maximum atomic E-state index is 12.4. The van der Waals surface area contributed by atoms with Crippen molar-refractivity contribution in [2.24, 2.45) is 0 Å². The molecule has 9 nitrogen and oxygen atoms in total. The first-order chi connectivity index (χ1) is 16.1. The number of pyridine rings is 2. The molecule has 1 aromatic carbocycles. The molecule has 9 heteroatoms. The van der Waals surface area contributed by atoms with E-state index in [0.29, 0.717) is 29.9 Å². The second kappa shape index (κ2) is 8.71. The van der Waals surface area contributed by atoms with Crippen molar-refractivity contribution in [3.63, 3.8) is 0 Å². The number of aromatic nitrogens is 6. The van der Waals surface area contributed by atoms with Crippen LogP contribution >= 0.6 is 0 Å². The van der Waals surface area contributed by atoms with Gasteiger partial charge in [-0.1, -0.05) is 0 Å². The predicted octanol–water partition coefficient (Wildman–Crippen LogP) is 2.60. The summed E-state index contributed by atoms with van der Waals surface area (Å²) in [6.07, 6.45) is 10.7. The van der Waals surface area contributed by atoms with Crippen LogP contribution in [0.3, 0.4) is 0 Å². The number of hydrogen-bond donors (Lipinski definition) is 4. The molecule has 0 atom stereocenters. The molecule has 5 aromatic rings. The Balaban J connectivity index is 1.63. The lowest BCUT2D eigenvalue weighted by molar-refractivity contribution is 0.288. The molecule has 0 amide bonds. The summed E-state index contributed by atoms with van der Waals surface area (Å²) in [6.45, 7) is 0.136. The second-order valence-electron chi connectivity index (χ2n) is 7.85. The fourth-order valence-electron chi connectivity index (χ4n) is 3.98. The Bertz CT molecular complexity index is 1470. The Morgan fingerprint density at radius 2 is 2.06 bits per heavy atom. The van der Waals surface area contributed by atoms with Gasteiger partial charge in [-0.05, 0) is 60.7 Å². The van der Waals surface area contributed by atoms with Crippen LogP contribution in [0.25, 0.3) is 28.1 Å². The first kappa shape index (κ1) is 20.7. The summed E-state index contributed by atoms with van der Waals surface area (Å²) < 4.78 is 1.92. The first-order valence-electron chi connectivity index (χ1n) is 10.7. The summed E-state index contributed by atoms with van der Waals surface area (Å²) in [5.74, 6) is 0.423. The number of aliphatic hydroxyl groups excluding tert-OH is 1. The molecule has 5 N–H and O–H groups in total. The van der Waals surface area contributed by atoms with Gasteiger partial charge in [0, 0.05) is 48.5 Å². The van der Waals surface area contributed by atoms with Crippen LogP contribution in [0.4, 0.5) is 5.69 Å². The molecule has 0 radical (unpaired) electrons. The molecule has 0 saturated heterocycles. The molecule has 0 aliphatic carbocycles. The number of nitrogen functional groups attached to an aromatic ring is 1. The zero-order valence-electron chi connectivity index (χ0n) is 17.8. The van der Waals surface area contributed by atoms with Crippen molar-refractivity contribution in [2.45, 2.75) is 19.3 Å². The lowest BCUT2D eigenvalue weighted by Gasteiger charge is -2.09.